The first-order valence-corrected chi connectivity index (χ1v) is 7.03. The van der Waals surface area contributed by atoms with Gasteiger partial charge in [-0.15, -0.1) is 0 Å². The van der Waals surface area contributed by atoms with E-state index in [0.29, 0.717) is 25.1 Å². The molecule has 0 aromatic heterocycles. The van der Waals surface area contributed by atoms with Crippen LogP contribution < -0.4 is 11.1 Å². The number of nitrogens with two attached hydrogens (primary N) is 1. The summed E-state index contributed by atoms with van der Waals surface area (Å²) in [4.78, 5) is 12.1. The molecule has 1 amide bonds. The molecule has 0 radical (unpaired) electrons. The average molecular weight is 292 g/mol. The Kier molecular flexibility index (Phi) is 8.10. The van der Waals surface area contributed by atoms with Gasteiger partial charge in [0.25, 0.3) is 5.91 Å². The van der Waals surface area contributed by atoms with E-state index in [-0.39, 0.29) is 18.0 Å². The highest BCUT2D eigenvalue weighted by Crippen LogP contribution is 2.10. The maximum absolute atomic E-state index is 13.3. The zero-order valence-corrected chi connectivity index (χ0v) is 12.2. The maximum atomic E-state index is 13.3. The Morgan fingerprint density at radius 2 is 2.24 bits per heavy atom. The van der Waals surface area contributed by atoms with Crippen LogP contribution in [0.3, 0.4) is 0 Å². The Labute approximate surface area is 124 Å². The first-order valence-electron chi connectivity index (χ1n) is 7.03. The summed E-state index contributed by atoms with van der Waals surface area (Å²) in [6, 6.07) is 3.94. The molecule has 0 heterocycles. The van der Waals surface area contributed by atoms with E-state index in [1.54, 1.807) is 0 Å². The first kappa shape index (κ1) is 17.2. The zero-order valence-electron chi connectivity index (χ0n) is 12.2. The van der Waals surface area contributed by atoms with Crippen LogP contribution in [0.4, 0.5) is 4.39 Å². The standard InChI is InChI=1S/C16H21FN2O2/c1-2-10-21-11-4-9-19-16(20)15-12-14(17)7-6-13(15)5-3-8-18/h6-7,12H,2,4,8-11,18H2,1H3,(H,19,20). The number of amides is 1. The molecule has 0 unspecified atom stereocenters. The Bertz CT molecular complexity index is 521. The quantitative estimate of drug-likeness (QED) is 0.593. The summed E-state index contributed by atoms with van der Waals surface area (Å²) in [7, 11) is 0. The average Bonchev–Trinajstić information content (AvgIpc) is 2.49. The van der Waals surface area contributed by atoms with Gasteiger partial charge in [-0.3, -0.25) is 4.79 Å². The number of hydrogen-bond donors (Lipinski definition) is 2. The number of carbonyl (C=O) groups is 1. The van der Waals surface area contributed by atoms with Crippen molar-refractivity contribution in [3.63, 3.8) is 0 Å². The van der Waals surface area contributed by atoms with Crippen LogP contribution in [0.5, 0.6) is 0 Å². The van der Waals surface area contributed by atoms with Crippen molar-refractivity contribution in [3.8, 4) is 11.8 Å². The molecule has 4 nitrogen and oxygen atoms in total. The zero-order chi connectivity index (χ0) is 15.5. The van der Waals surface area contributed by atoms with Gasteiger partial charge in [-0.25, -0.2) is 4.39 Å². The fourth-order valence-electron chi connectivity index (χ4n) is 1.68. The molecule has 1 aromatic carbocycles. The van der Waals surface area contributed by atoms with Crippen molar-refractivity contribution in [2.75, 3.05) is 26.3 Å². The summed E-state index contributed by atoms with van der Waals surface area (Å²) < 4.78 is 18.6. The minimum Gasteiger partial charge on any atom is -0.381 e. The Morgan fingerprint density at radius 1 is 1.43 bits per heavy atom. The molecule has 0 saturated carbocycles. The van der Waals surface area contributed by atoms with Crippen molar-refractivity contribution >= 4 is 5.91 Å². The Morgan fingerprint density at radius 3 is 2.95 bits per heavy atom. The Balaban J connectivity index is 2.58. The van der Waals surface area contributed by atoms with Gasteiger partial charge in [0.2, 0.25) is 0 Å². The molecule has 0 saturated heterocycles. The van der Waals surface area contributed by atoms with Gasteiger partial charge >= 0.3 is 0 Å². The lowest BCUT2D eigenvalue weighted by Gasteiger charge is -2.07. The third-order valence-corrected chi connectivity index (χ3v) is 2.65. The largest absolute Gasteiger partial charge is 0.381 e. The molecular formula is C16H21FN2O2. The molecule has 0 bridgehead atoms. The van der Waals surface area contributed by atoms with E-state index in [0.717, 1.165) is 13.0 Å². The van der Waals surface area contributed by atoms with Crippen LogP contribution in [0, 0.1) is 17.7 Å². The third kappa shape index (κ3) is 6.39. The third-order valence-electron chi connectivity index (χ3n) is 2.65. The molecule has 1 rings (SSSR count). The van der Waals surface area contributed by atoms with Crippen LogP contribution in [0.2, 0.25) is 0 Å². The highest BCUT2D eigenvalue weighted by molar-refractivity contribution is 5.96. The van der Waals surface area contributed by atoms with Gasteiger partial charge in [0.15, 0.2) is 0 Å². The van der Waals surface area contributed by atoms with Gasteiger partial charge in [-0.2, -0.15) is 0 Å². The summed E-state index contributed by atoms with van der Waals surface area (Å²) >= 11 is 0. The van der Waals surface area contributed by atoms with Gasteiger partial charge < -0.3 is 15.8 Å². The fraction of sp³-hybridized carbons (Fsp3) is 0.438. The summed E-state index contributed by atoms with van der Waals surface area (Å²) in [5.41, 5.74) is 6.01. The number of halogens is 1. The lowest BCUT2D eigenvalue weighted by molar-refractivity contribution is 0.0940. The summed E-state index contributed by atoms with van der Waals surface area (Å²) in [5, 5.41) is 2.74. The van der Waals surface area contributed by atoms with Gasteiger partial charge in [0.05, 0.1) is 12.1 Å². The van der Waals surface area contributed by atoms with Crippen molar-refractivity contribution in [1.29, 1.82) is 0 Å². The topological polar surface area (TPSA) is 64.3 Å². The molecular weight excluding hydrogens is 271 g/mol. The van der Waals surface area contributed by atoms with Crippen LogP contribution in [-0.2, 0) is 4.74 Å². The highest BCUT2D eigenvalue weighted by Gasteiger charge is 2.11. The van der Waals surface area contributed by atoms with Crippen LogP contribution in [0.1, 0.15) is 35.7 Å². The molecule has 0 aliphatic heterocycles. The summed E-state index contributed by atoms with van der Waals surface area (Å²) in [6.07, 6.45) is 1.68. The predicted octanol–water partition coefficient (Wildman–Crippen LogP) is 1.68. The molecule has 5 heteroatoms. The molecule has 0 aliphatic rings. The number of carbonyl (C=O) groups excluding carboxylic acids is 1. The first-order chi connectivity index (χ1) is 10.2. The van der Waals surface area contributed by atoms with Crippen molar-refractivity contribution in [1.82, 2.24) is 5.32 Å². The lowest BCUT2D eigenvalue weighted by Crippen LogP contribution is -2.26. The van der Waals surface area contributed by atoms with E-state index < -0.39 is 5.82 Å². The monoisotopic (exact) mass is 292 g/mol. The van der Waals surface area contributed by atoms with Crippen molar-refractivity contribution < 1.29 is 13.9 Å². The van der Waals surface area contributed by atoms with E-state index in [4.69, 9.17) is 10.5 Å². The molecule has 0 fully saturated rings. The minimum absolute atomic E-state index is 0.188. The van der Waals surface area contributed by atoms with Gasteiger partial charge in [-0.1, -0.05) is 18.8 Å². The normalized spacial score (nSPS) is 9.86. The minimum atomic E-state index is -0.468. The van der Waals surface area contributed by atoms with E-state index in [1.165, 1.54) is 18.2 Å². The molecule has 0 atom stereocenters. The van der Waals surface area contributed by atoms with Crippen LogP contribution in [0.25, 0.3) is 0 Å². The fourth-order valence-corrected chi connectivity index (χ4v) is 1.68. The van der Waals surface area contributed by atoms with E-state index in [2.05, 4.69) is 17.2 Å². The molecule has 1 aromatic rings. The van der Waals surface area contributed by atoms with Crippen molar-refractivity contribution in [3.05, 3.63) is 35.1 Å². The number of rotatable bonds is 7. The Hall–Kier alpha value is -1.90. The van der Waals surface area contributed by atoms with Crippen LogP contribution in [0.15, 0.2) is 18.2 Å². The second-order valence-electron chi connectivity index (χ2n) is 4.42. The molecule has 114 valence electrons. The SMILES string of the molecule is CCCOCCCNC(=O)c1cc(F)ccc1C#CCN. The van der Waals surface area contributed by atoms with E-state index >= 15 is 0 Å². The molecule has 0 spiro atoms. The second-order valence-corrected chi connectivity index (χ2v) is 4.42. The molecule has 3 N–H and O–H groups in total. The lowest BCUT2D eigenvalue weighted by atomic mass is 10.1. The van der Waals surface area contributed by atoms with Crippen molar-refractivity contribution in [2.45, 2.75) is 19.8 Å². The van der Waals surface area contributed by atoms with E-state index in [9.17, 15) is 9.18 Å². The second kappa shape index (κ2) is 9.92. The summed E-state index contributed by atoms with van der Waals surface area (Å²) in [6.45, 7) is 4.01. The number of ether oxygens (including phenoxy) is 1. The maximum Gasteiger partial charge on any atom is 0.252 e. The van der Waals surface area contributed by atoms with E-state index in [1.807, 2.05) is 6.92 Å². The number of nitrogens with one attached hydrogen (secondary N) is 1. The predicted molar refractivity (Wildman–Crippen MR) is 80.4 cm³/mol. The number of benzene rings is 1. The smallest absolute Gasteiger partial charge is 0.252 e. The highest BCUT2D eigenvalue weighted by atomic mass is 19.1. The van der Waals surface area contributed by atoms with Gasteiger partial charge in [0, 0.05) is 25.3 Å². The summed E-state index contributed by atoms with van der Waals surface area (Å²) in [5.74, 6) is 4.63. The number of hydrogen-bond acceptors (Lipinski definition) is 3. The molecule has 21 heavy (non-hydrogen) atoms. The van der Waals surface area contributed by atoms with Gasteiger partial charge in [-0.05, 0) is 31.0 Å². The van der Waals surface area contributed by atoms with Crippen LogP contribution >= 0.6 is 0 Å². The van der Waals surface area contributed by atoms with Crippen LogP contribution in [-0.4, -0.2) is 32.2 Å². The van der Waals surface area contributed by atoms with Gasteiger partial charge in [0.1, 0.15) is 5.82 Å². The molecule has 0 aliphatic carbocycles. The van der Waals surface area contributed by atoms with Crippen molar-refractivity contribution in [2.24, 2.45) is 5.73 Å².